The summed E-state index contributed by atoms with van der Waals surface area (Å²) in [6.07, 6.45) is 0. The van der Waals surface area contributed by atoms with Gasteiger partial charge in [0.15, 0.2) is 5.69 Å². The van der Waals surface area contributed by atoms with Gasteiger partial charge in [-0.05, 0) is 0 Å². The molecule has 0 aliphatic carbocycles. The molecule has 3 rings (SSSR count). The topological polar surface area (TPSA) is 91.4 Å². The molecule has 8 heteroatoms. The summed E-state index contributed by atoms with van der Waals surface area (Å²) in [6, 6.07) is 9.36. The van der Waals surface area contributed by atoms with E-state index in [1.54, 1.807) is 12.0 Å². The van der Waals surface area contributed by atoms with E-state index < -0.39 is 0 Å². The molecular weight excluding hydrogens is 310 g/mol. The number of piperazine rings is 1. The van der Waals surface area contributed by atoms with Crippen molar-refractivity contribution in [1.82, 2.24) is 25.2 Å². The van der Waals surface area contributed by atoms with Crippen LogP contribution in [0.3, 0.4) is 0 Å². The van der Waals surface area contributed by atoms with Crippen molar-refractivity contribution in [2.24, 2.45) is 0 Å². The zero-order valence-corrected chi connectivity index (χ0v) is 13.4. The molecule has 0 saturated carbocycles. The molecule has 1 aliphatic rings. The summed E-state index contributed by atoms with van der Waals surface area (Å²) in [7, 11) is 1.60. The SMILES string of the molecule is COCCN1CCN(C(=O)c2n[nH]nc2-c2ccccc2)CC1=O. The predicted octanol–water partition coefficient (Wildman–Crippen LogP) is 0.402. The lowest BCUT2D eigenvalue weighted by Crippen LogP contribution is -2.53. The van der Waals surface area contributed by atoms with Gasteiger partial charge in [0.25, 0.3) is 5.91 Å². The van der Waals surface area contributed by atoms with Gasteiger partial charge in [-0.2, -0.15) is 15.4 Å². The Morgan fingerprint density at radius 3 is 2.75 bits per heavy atom. The minimum atomic E-state index is -0.289. The molecule has 0 unspecified atom stereocenters. The third kappa shape index (κ3) is 3.28. The largest absolute Gasteiger partial charge is 0.383 e. The van der Waals surface area contributed by atoms with E-state index in [-0.39, 0.29) is 24.1 Å². The Morgan fingerprint density at radius 2 is 2.04 bits per heavy atom. The van der Waals surface area contributed by atoms with E-state index >= 15 is 0 Å². The Morgan fingerprint density at radius 1 is 1.25 bits per heavy atom. The molecule has 2 amide bonds. The highest BCUT2D eigenvalue weighted by Gasteiger charge is 2.30. The van der Waals surface area contributed by atoms with E-state index in [1.807, 2.05) is 30.3 Å². The van der Waals surface area contributed by atoms with Gasteiger partial charge in [-0.25, -0.2) is 0 Å². The van der Waals surface area contributed by atoms with E-state index in [0.717, 1.165) is 5.56 Å². The van der Waals surface area contributed by atoms with Gasteiger partial charge < -0.3 is 14.5 Å². The standard InChI is InChI=1S/C16H19N5O3/c1-24-10-9-20-7-8-21(11-13(20)22)16(23)15-14(17-19-18-15)12-5-3-2-4-6-12/h2-6H,7-11H2,1H3,(H,17,18,19). The van der Waals surface area contributed by atoms with Crippen molar-refractivity contribution in [3.63, 3.8) is 0 Å². The molecule has 24 heavy (non-hydrogen) atoms. The molecule has 8 nitrogen and oxygen atoms in total. The van der Waals surface area contributed by atoms with Crippen molar-refractivity contribution in [2.75, 3.05) is 39.9 Å². The molecule has 0 bridgehead atoms. The number of ether oxygens (including phenoxy) is 1. The lowest BCUT2D eigenvalue weighted by Gasteiger charge is -2.33. The van der Waals surface area contributed by atoms with E-state index in [0.29, 0.717) is 31.9 Å². The number of hydrogen-bond acceptors (Lipinski definition) is 5. The molecule has 1 aromatic carbocycles. The number of amides is 2. The maximum Gasteiger partial charge on any atom is 0.277 e. The number of H-pyrrole nitrogens is 1. The molecule has 126 valence electrons. The van der Waals surface area contributed by atoms with Crippen molar-refractivity contribution >= 4 is 11.8 Å². The van der Waals surface area contributed by atoms with Crippen molar-refractivity contribution in [1.29, 1.82) is 0 Å². The number of carbonyl (C=O) groups is 2. The fraction of sp³-hybridized carbons (Fsp3) is 0.375. The fourth-order valence-electron chi connectivity index (χ4n) is 2.65. The van der Waals surface area contributed by atoms with Crippen LogP contribution in [0.1, 0.15) is 10.5 Å². The molecule has 1 fully saturated rings. The van der Waals surface area contributed by atoms with Crippen molar-refractivity contribution in [3.05, 3.63) is 36.0 Å². The summed E-state index contributed by atoms with van der Waals surface area (Å²) in [5.74, 6) is -0.376. The number of carbonyl (C=O) groups excluding carboxylic acids is 2. The summed E-state index contributed by atoms with van der Waals surface area (Å²) in [5, 5.41) is 10.6. The van der Waals surface area contributed by atoms with E-state index in [1.165, 1.54) is 4.90 Å². The number of methoxy groups -OCH3 is 1. The molecule has 2 aromatic rings. The molecule has 1 saturated heterocycles. The summed E-state index contributed by atoms with van der Waals surface area (Å²) in [5.41, 5.74) is 1.54. The Balaban J connectivity index is 1.73. The average molecular weight is 329 g/mol. The van der Waals surface area contributed by atoms with Gasteiger partial charge in [0.1, 0.15) is 12.2 Å². The minimum absolute atomic E-state index is 0.0453. The van der Waals surface area contributed by atoms with Gasteiger partial charge in [0.2, 0.25) is 5.91 Å². The van der Waals surface area contributed by atoms with Crippen LogP contribution >= 0.6 is 0 Å². The van der Waals surface area contributed by atoms with Gasteiger partial charge in [0, 0.05) is 32.3 Å². The Labute approximate surface area is 139 Å². The highest BCUT2D eigenvalue weighted by atomic mass is 16.5. The summed E-state index contributed by atoms with van der Waals surface area (Å²) in [4.78, 5) is 28.1. The Bertz CT molecular complexity index is 716. The van der Waals surface area contributed by atoms with E-state index in [2.05, 4.69) is 15.4 Å². The molecule has 0 radical (unpaired) electrons. The number of nitrogens with one attached hydrogen (secondary N) is 1. The highest BCUT2D eigenvalue weighted by Crippen LogP contribution is 2.20. The monoisotopic (exact) mass is 329 g/mol. The second-order valence-corrected chi connectivity index (χ2v) is 5.49. The van der Waals surface area contributed by atoms with Crippen LogP contribution in [0.4, 0.5) is 0 Å². The second-order valence-electron chi connectivity index (χ2n) is 5.49. The number of aromatic nitrogens is 3. The van der Waals surface area contributed by atoms with Gasteiger partial charge in [-0.3, -0.25) is 9.59 Å². The zero-order chi connectivity index (χ0) is 16.9. The lowest BCUT2D eigenvalue weighted by atomic mass is 10.1. The highest BCUT2D eigenvalue weighted by molar-refractivity contribution is 5.99. The molecule has 1 N–H and O–H groups in total. The average Bonchev–Trinajstić information content (AvgIpc) is 3.10. The van der Waals surface area contributed by atoms with Crippen molar-refractivity contribution < 1.29 is 14.3 Å². The minimum Gasteiger partial charge on any atom is -0.383 e. The molecule has 1 aliphatic heterocycles. The quantitative estimate of drug-likeness (QED) is 0.857. The summed E-state index contributed by atoms with van der Waals surface area (Å²) in [6.45, 7) is 2.03. The van der Waals surface area contributed by atoms with Crippen LogP contribution in [0, 0.1) is 0 Å². The number of hydrogen-bond donors (Lipinski definition) is 1. The van der Waals surface area contributed by atoms with E-state index in [4.69, 9.17) is 4.74 Å². The number of benzene rings is 1. The van der Waals surface area contributed by atoms with Crippen molar-refractivity contribution in [2.45, 2.75) is 0 Å². The van der Waals surface area contributed by atoms with E-state index in [9.17, 15) is 9.59 Å². The number of rotatable bonds is 5. The predicted molar refractivity (Wildman–Crippen MR) is 86.2 cm³/mol. The molecule has 0 spiro atoms. The molecule has 0 atom stereocenters. The summed E-state index contributed by atoms with van der Waals surface area (Å²) < 4.78 is 4.99. The zero-order valence-electron chi connectivity index (χ0n) is 13.4. The maximum atomic E-state index is 12.7. The normalized spacial score (nSPS) is 15.0. The van der Waals surface area contributed by atoms with Crippen LogP contribution in [-0.2, 0) is 9.53 Å². The van der Waals surface area contributed by atoms with Gasteiger partial charge in [-0.15, -0.1) is 0 Å². The first kappa shape index (κ1) is 16.1. The van der Waals surface area contributed by atoms with Crippen molar-refractivity contribution in [3.8, 4) is 11.3 Å². The van der Waals surface area contributed by atoms with Crippen LogP contribution in [0.5, 0.6) is 0 Å². The maximum absolute atomic E-state index is 12.7. The first-order valence-corrected chi connectivity index (χ1v) is 7.73. The Kier molecular flexibility index (Phi) is 4.85. The lowest BCUT2D eigenvalue weighted by molar-refractivity contribution is -0.135. The first-order chi connectivity index (χ1) is 11.7. The van der Waals surface area contributed by atoms with Crippen LogP contribution in [-0.4, -0.2) is 76.9 Å². The third-order valence-electron chi connectivity index (χ3n) is 3.97. The molecule has 1 aromatic heterocycles. The molecule has 2 heterocycles. The van der Waals surface area contributed by atoms with Crippen LogP contribution in [0.2, 0.25) is 0 Å². The summed E-state index contributed by atoms with van der Waals surface area (Å²) >= 11 is 0. The molecular formula is C16H19N5O3. The number of aromatic amines is 1. The van der Waals surface area contributed by atoms with Gasteiger partial charge in [0.05, 0.1) is 6.61 Å². The second kappa shape index (κ2) is 7.22. The van der Waals surface area contributed by atoms with Crippen LogP contribution in [0.25, 0.3) is 11.3 Å². The van der Waals surface area contributed by atoms with Gasteiger partial charge >= 0.3 is 0 Å². The van der Waals surface area contributed by atoms with Gasteiger partial charge in [-0.1, -0.05) is 30.3 Å². The van der Waals surface area contributed by atoms with Crippen LogP contribution < -0.4 is 0 Å². The smallest absolute Gasteiger partial charge is 0.277 e. The number of nitrogens with zero attached hydrogens (tertiary/aromatic N) is 4. The Hall–Kier alpha value is -2.74. The third-order valence-corrected chi connectivity index (χ3v) is 3.97. The first-order valence-electron chi connectivity index (χ1n) is 7.73. The fourth-order valence-corrected chi connectivity index (χ4v) is 2.65. The van der Waals surface area contributed by atoms with Crippen LogP contribution in [0.15, 0.2) is 30.3 Å².